The summed E-state index contributed by atoms with van der Waals surface area (Å²) in [5.74, 6) is 0.901. The van der Waals surface area contributed by atoms with Crippen LogP contribution in [0.1, 0.15) is 27.2 Å². The lowest BCUT2D eigenvalue weighted by Gasteiger charge is -2.37. The van der Waals surface area contributed by atoms with Gasteiger partial charge in [0.25, 0.3) is 0 Å². The summed E-state index contributed by atoms with van der Waals surface area (Å²) in [6, 6.07) is 0.479. The molecular weight excluding hydrogens is 318 g/mol. The van der Waals surface area contributed by atoms with Crippen LogP contribution in [0.5, 0.6) is 0 Å². The number of guanidine groups is 1. The Morgan fingerprint density at radius 1 is 1.08 bits per heavy atom. The summed E-state index contributed by atoms with van der Waals surface area (Å²) in [5.41, 5.74) is 0. The van der Waals surface area contributed by atoms with E-state index in [0.29, 0.717) is 19.3 Å². The molecule has 2 N–H and O–H groups in total. The molecule has 0 aromatic carbocycles. The molecule has 1 rings (SSSR count). The molecule has 1 aliphatic heterocycles. The van der Waals surface area contributed by atoms with Crippen molar-refractivity contribution in [2.45, 2.75) is 33.2 Å². The highest BCUT2D eigenvalue weighted by molar-refractivity contribution is 5.79. The number of nitrogens with one attached hydrogen (secondary N) is 2. The van der Waals surface area contributed by atoms with Gasteiger partial charge in [0, 0.05) is 59.0 Å². The van der Waals surface area contributed by atoms with Crippen molar-refractivity contribution in [2.75, 3.05) is 79.3 Å². The largest absolute Gasteiger partial charge is 0.382 e. The molecule has 1 unspecified atom stereocenters. The fraction of sp³-hybridized carbons (Fsp3) is 0.944. The van der Waals surface area contributed by atoms with Crippen LogP contribution in [0.2, 0.25) is 0 Å². The number of hydrogen-bond acceptors (Lipinski definition) is 5. The number of nitrogens with zero attached hydrogens (tertiary/aromatic N) is 3. The molecule has 0 spiro atoms. The summed E-state index contributed by atoms with van der Waals surface area (Å²) in [4.78, 5) is 9.80. The van der Waals surface area contributed by atoms with E-state index in [1.54, 1.807) is 7.11 Å². The third kappa shape index (κ3) is 9.99. The van der Waals surface area contributed by atoms with Crippen LogP contribution in [-0.2, 0) is 9.47 Å². The Hall–Kier alpha value is -0.890. The Morgan fingerprint density at radius 3 is 2.48 bits per heavy atom. The quantitative estimate of drug-likeness (QED) is 0.303. The first-order valence-corrected chi connectivity index (χ1v) is 9.76. The molecule has 0 saturated carbocycles. The second-order valence-electron chi connectivity index (χ2n) is 6.42. The predicted octanol–water partition coefficient (Wildman–Crippen LogP) is 0.621. The molecule has 1 saturated heterocycles. The first-order valence-electron chi connectivity index (χ1n) is 9.76. The molecule has 1 heterocycles. The van der Waals surface area contributed by atoms with E-state index in [0.717, 1.165) is 58.3 Å². The van der Waals surface area contributed by atoms with Crippen molar-refractivity contribution in [3.8, 4) is 0 Å². The van der Waals surface area contributed by atoms with Crippen LogP contribution in [0.25, 0.3) is 0 Å². The van der Waals surface area contributed by atoms with E-state index >= 15 is 0 Å². The Labute approximate surface area is 154 Å². The maximum Gasteiger partial charge on any atom is 0.191 e. The zero-order valence-corrected chi connectivity index (χ0v) is 16.7. The second-order valence-corrected chi connectivity index (χ2v) is 6.42. The van der Waals surface area contributed by atoms with Gasteiger partial charge in [-0.25, -0.2) is 0 Å². The molecule has 25 heavy (non-hydrogen) atoms. The van der Waals surface area contributed by atoms with Gasteiger partial charge < -0.3 is 25.0 Å². The van der Waals surface area contributed by atoms with Crippen molar-refractivity contribution in [2.24, 2.45) is 4.99 Å². The fourth-order valence-corrected chi connectivity index (χ4v) is 2.83. The van der Waals surface area contributed by atoms with Crippen molar-refractivity contribution >= 4 is 5.96 Å². The molecule has 1 atom stereocenters. The molecule has 0 aromatic heterocycles. The maximum absolute atomic E-state index is 5.48. The van der Waals surface area contributed by atoms with Crippen molar-refractivity contribution < 1.29 is 9.47 Å². The lowest BCUT2D eigenvalue weighted by atomic mass is 10.2. The maximum atomic E-state index is 5.48. The summed E-state index contributed by atoms with van der Waals surface area (Å²) in [5, 5.41) is 6.71. The van der Waals surface area contributed by atoms with Crippen LogP contribution in [0.4, 0.5) is 0 Å². The van der Waals surface area contributed by atoms with Crippen LogP contribution >= 0.6 is 0 Å². The lowest BCUT2D eigenvalue weighted by Crippen LogP contribution is -2.50. The molecule has 1 fully saturated rings. The van der Waals surface area contributed by atoms with Crippen molar-refractivity contribution in [3.63, 3.8) is 0 Å². The summed E-state index contributed by atoms with van der Waals surface area (Å²) in [6.07, 6.45) is 0.961. The highest BCUT2D eigenvalue weighted by Crippen LogP contribution is 2.06. The number of piperazine rings is 1. The SMILES string of the molecule is CCNC(=NCC(C)N1CCN(CC)CC1)NCCCOCCOC. The second kappa shape index (κ2) is 14.3. The number of likely N-dealkylation sites (N-methyl/N-ethyl adjacent to an activating group) is 1. The van der Waals surface area contributed by atoms with Gasteiger partial charge in [0.05, 0.1) is 19.8 Å². The fourth-order valence-electron chi connectivity index (χ4n) is 2.83. The minimum Gasteiger partial charge on any atom is -0.382 e. The Kier molecular flexibility index (Phi) is 12.7. The van der Waals surface area contributed by atoms with Crippen LogP contribution in [0, 0.1) is 0 Å². The highest BCUT2D eigenvalue weighted by Gasteiger charge is 2.19. The summed E-state index contributed by atoms with van der Waals surface area (Å²) < 4.78 is 10.4. The molecule has 1 aliphatic rings. The first kappa shape index (κ1) is 22.2. The number of aliphatic imine (C=N–C) groups is 1. The predicted molar refractivity (Wildman–Crippen MR) is 104 cm³/mol. The Morgan fingerprint density at radius 2 is 1.84 bits per heavy atom. The van der Waals surface area contributed by atoms with Crippen molar-refractivity contribution in [1.82, 2.24) is 20.4 Å². The summed E-state index contributed by atoms with van der Waals surface area (Å²) in [6.45, 7) is 17.0. The third-order valence-electron chi connectivity index (χ3n) is 4.52. The topological polar surface area (TPSA) is 61.4 Å². The first-order chi connectivity index (χ1) is 12.2. The molecule has 0 bridgehead atoms. The van der Waals surface area contributed by atoms with Gasteiger partial charge in [0.1, 0.15) is 0 Å². The molecule has 7 heteroatoms. The van der Waals surface area contributed by atoms with Crippen LogP contribution in [0.15, 0.2) is 4.99 Å². The van der Waals surface area contributed by atoms with Crippen LogP contribution < -0.4 is 10.6 Å². The highest BCUT2D eigenvalue weighted by atomic mass is 16.5. The monoisotopic (exact) mass is 357 g/mol. The van der Waals surface area contributed by atoms with Gasteiger partial charge in [0.2, 0.25) is 0 Å². The number of hydrogen-bond donors (Lipinski definition) is 2. The van der Waals surface area contributed by atoms with E-state index in [9.17, 15) is 0 Å². The van der Waals surface area contributed by atoms with E-state index in [1.807, 2.05) is 0 Å². The number of ether oxygens (including phenoxy) is 2. The molecule has 7 nitrogen and oxygen atoms in total. The van der Waals surface area contributed by atoms with Crippen molar-refractivity contribution in [1.29, 1.82) is 0 Å². The van der Waals surface area contributed by atoms with E-state index in [-0.39, 0.29) is 0 Å². The summed E-state index contributed by atoms with van der Waals surface area (Å²) >= 11 is 0. The normalized spacial score (nSPS) is 18.3. The number of methoxy groups -OCH3 is 1. The molecule has 0 radical (unpaired) electrons. The third-order valence-corrected chi connectivity index (χ3v) is 4.52. The average Bonchev–Trinajstić information content (AvgIpc) is 2.65. The molecule has 0 aromatic rings. The number of rotatable bonds is 12. The van der Waals surface area contributed by atoms with Gasteiger partial charge in [-0.05, 0) is 26.8 Å². The Balaban J connectivity index is 2.24. The van der Waals surface area contributed by atoms with Gasteiger partial charge >= 0.3 is 0 Å². The van der Waals surface area contributed by atoms with E-state index in [2.05, 4.69) is 41.2 Å². The smallest absolute Gasteiger partial charge is 0.191 e. The van der Waals surface area contributed by atoms with Crippen LogP contribution in [-0.4, -0.2) is 101 Å². The summed E-state index contributed by atoms with van der Waals surface area (Å²) in [7, 11) is 1.69. The van der Waals surface area contributed by atoms with Crippen LogP contribution in [0.3, 0.4) is 0 Å². The van der Waals surface area contributed by atoms with Crippen molar-refractivity contribution in [3.05, 3.63) is 0 Å². The zero-order valence-electron chi connectivity index (χ0n) is 16.7. The minimum absolute atomic E-state index is 0.479. The van der Waals surface area contributed by atoms with Gasteiger partial charge in [-0.1, -0.05) is 6.92 Å². The van der Waals surface area contributed by atoms with E-state index in [4.69, 9.17) is 14.5 Å². The van der Waals surface area contributed by atoms with Gasteiger partial charge in [0.15, 0.2) is 5.96 Å². The van der Waals surface area contributed by atoms with E-state index in [1.165, 1.54) is 13.1 Å². The molecule has 0 amide bonds. The lowest BCUT2D eigenvalue weighted by molar-refractivity contribution is 0.0698. The van der Waals surface area contributed by atoms with Gasteiger partial charge in [-0.2, -0.15) is 0 Å². The zero-order chi connectivity index (χ0) is 18.3. The van der Waals surface area contributed by atoms with Gasteiger partial charge in [-0.3, -0.25) is 9.89 Å². The molecular formula is C18H39N5O2. The van der Waals surface area contributed by atoms with E-state index < -0.39 is 0 Å². The molecule has 148 valence electrons. The minimum atomic E-state index is 0.479. The standard InChI is InChI=1S/C18H39N5O2/c1-5-19-18(20-8-7-13-25-15-14-24-4)21-16-17(3)23-11-9-22(6-2)10-12-23/h17H,5-16H2,1-4H3,(H2,19,20,21). The van der Waals surface area contributed by atoms with Gasteiger partial charge in [-0.15, -0.1) is 0 Å². The average molecular weight is 358 g/mol. The Bertz CT molecular complexity index is 346. The molecule has 0 aliphatic carbocycles.